The highest BCUT2D eigenvalue weighted by Gasteiger charge is 2.36. The van der Waals surface area contributed by atoms with Gasteiger partial charge in [-0.15, -0.1) is 0 Å². The summed E-state index contributed by atoms with van der Waals surface area (Å²) in [6.07, 6.45) is 1.87. The van der Waals surface area contributed by atoms with Gasteiger partial charge < -0.3 is 5.32 Å². The zero-order valence-corrected chi connectivity index (χ0v) is 14.5. The van der Waals surface area contributed by atoms with Crippen LogP contribution in [0, 0.1) is 27.7 Å². The maximum absolute atomic E-state index is 13.2. The van der Waals surface area contributed by atoms with Crippen LogP contribution in [0.15, 0.2) is 11.0 Å². The van der Waals surface area contributed by atoms with E-state index in [4.69, 9.17) is 0 Å². The molecule has 0 amide bonds. The molecule has 1 unspecified atom stereocenters. The average Bonchev–Trinajstić information content (AvgIpc) is 2.86. The third-order valence-corrected chi connectivity index (χ3v) is 6.85. The number of nitrogens with zero attached hydrogens (tertiary/aromatic N) is 1. The summed E-state index contributed by atoms with van der Waals surface area (Å²) < 4.78 is 28.0. The van der Waals surface area contributed by atoms with Gasteiger partial charge in [0.1, 0.15) is 0 Å². The lowest BCUT2D eigenvalue weighted by molar-refractivity contribution is 0.378. The molecule has 1 heterocycles. The Labute approximate surface area is 128 Å². The lowest BCUT2D eigenvalue weighted by atomic mass is 10.0. The first-order valence-electron chi connectivity index (χ1n) is 7.54. The van der Waals surface area contributed by atoms with Gasteiger partial charge >= 0.3 is 0 Å². The molecule has 1 fully saturated rings. The standard InChI is InChI=1S/C16H26N2O2S/c1-11-9-12(2)14(4)16(13(11)3)21(19,20)18-8-6-7-15(18)10-17-5/h9,15,17H,6-8,10H2,1-5H3. The minimum Gasteiger partial charge on any atom is -0.318 e. The Hall–Kier alpha value is -0.910. The molecule has 2 rings (SSSR count). The average molecular weight is 310 g/mol. The first kappa shape index (κ1) is 16.5. The Kier molecular flexibility index (Phi) is 4.76. The fraction of sp³-hybridized carbons (Fsp3) is 0.625. The summed E-state index contributed by atoms with van der Waals surface area (Å²) in [7, 11) is -1.55. The number of hydrogen-bond acceptors (Lipinski definition) is 3. The lowest BCUT2D eigenvalue weighted by Gasteiger charge is -2.26. The summed E-state index contributed by atoms with van der Waals surface area (Å²) >= 11 is 0. The van der Waals surface area contributed by atoms with Gasteiger partial charge in [-0.05, 0) is 69.8 Å². The number of nitrogens with one attached hydrogen (secondary N) is 1. The zero-order valence-electron chi connectivity index (χ0n) is 13.7. The van der Waals surface area contributed by atoms with Crippen molar-refractivity contribution in [1.29, 1.82) is 0 Å². The van der Waals surface area contributed by atoms with Gasteiger partial charge in [-0.2, -0.15) is 4.31 Å². The number of sulfonamides is 1. The molecule has 0 bridgehead atoms. The molecule has 0 aromatic heterocycles. The second-order valence-corrected chi connectivity index (χ2v) is 7.89. The molecular formula is C16H26N2O2S. The fourth-order valence-corrected chi connectivity index (χ4v) is 5.52. The summed E-state index contributed by atoms with van der Waals surface area (Å²) in [5.74, 6) is 0. The predicted octanol–water partition coefficient (Wildman–Crippen LogP) is 2.29. The van der Waals surface area contributed by atoms with Gasteiger partial charge in [0.25, 0.3) is 0 Å². The van der Waals surface area contributed by atoms with Crippen LogP contribution < -0.4 is 5.32 Å². The molecule has 1 saturated heterocycles. The monoisotopic (exact) mass is 310 g/mol. The molecule has 5 heteroatoms. The van der Waals surface area contributed by atoms with Gasteiger partial charge in [-0.25, -0.2) is 8.42 Å². The number of rotatable bonds is 4. The first-order chi connectivity index (χ1) is 9.80. The summed E-state index contributed by atoms with van der Waals surface area (Å²) in [5, 5.41) is 3.11. The highest BCUT2D eigenvalue weighted by Crippen LogP contribution is 2.32. The van der Waals surface area contributed by atoms with E-state index in [-0.39, 0.29) is 6.04 Å². The molecular weight excluding hydrogens is 284 g/mol. The molecule has 1 aromatic rings. The number of likely N-dealkylation sites (N-methyl/N-ethyl adjacent to an activating group) is 1. The minimum absolute atomic E-state index is 0.0691. The normalized spacial score (nSPS) is 20.1. The van der Waals surface area contributed by atoms with E-state index in [9.17, 15) is 8.42 Å². The zero-order chi connectivity index (χ0) is 15.8. The van der Waals surface area contributed by atoms with Crippen molar-refractivity contribution in [3.05, 3.63) is 28.3 Å². The van der Waals surface area contributed by atoms with Crippen LogP contribution in [-0.2, 0) is 10.0 Å². The van der Waals surface area contributed by atoms with Gasteiger partial charge in [0.15, 0.2) is 0 Å². The largest absolute Gasteiger partial charge is 0.318 e. The van der Waals surface area contributed by atoms with Crippen LogP contribution in [0.2, 0.25) is 0 Å². The van der Waals surface area contributed by atoms with Crippen molar-refractivity contribution in [2.45, 2.75) is 51.5 Å². The van der Waals surface area contributed by atoms with Crippen LogP contribution in [0.4, 0.5) is 0 Å². The van der Waals surface area contributed by atoms with Gasteiger partial charge in [-0.3, -0.25) is 0 Å². The van der Waals surface area contributed by atoms with E-state index in [0.717, 1.165) is 35.1 Å². The molecule has 21 heavy (non-hydrogen) atoms. The molecule has 0 saturated carbocycles. The topological polar surface area (TPSA) is 49.4 Å². The Morgan fingerprint density at radius 2 is 1.76 bits per heavy atom. The third kappa shape index (κ3) is 2.87. The highest BCUT2D eigenvalue weighted by molar-refractivity contribution is 7.89. The molecule has 1 N–H and O–H groups in total. The minimum atomic E-state index is -3.42. The van der Waals surface area contributed by atoms with Gasteiger partial charge in [0.05, 0.1) is 4.90 Å². The maximum Gasteiger partial charge on any atom is 0.243 e. The van der Waals surface area contributed by atoms with Crippen molar-refractivity contribution in [2.24, 2.45) is 0 Å². The van der Waals surface area contributed by atoms with E-state index in [1.54, 1.807) is 4.31 Å². The van der Waals surface area contributed by atoms with Gasteiger partial charge in [0, 0.05) is 19.1 Å². The maximum atomic E-state index is 13.2. The Bertz CT molecular complexity index is 612. The van der Waals surface area contributed by atoms with Crippen LogP contribution in [0.5, 0.6) is 0 Å². The number of aryl methyl sites for hydroxylation is 2. The third-order valence-electron chi connectivity index (χ3n) is 4.63. The van der Waals surface area contributed by atoms with Crippen molar-refractivity contribution in [1.82, 2.24) is 9.62 Å². The van der Waals surface area contributed by atoms with Crippen molar-refractivity contribution in [3.8, 4) is 0 Å². The summed E-state index contributed by atoms with van der Waals surface area (Å²) in [5.41, 5.74) is 3.85. The van der Waals surface area contributed by atoms with Crippen LogP contribution in [0.1, 0.15) is 35.1 Å². The molecule has 1 atom stereocenters. The molecule has 1 aliphatic heterocycles. The van der Waals surface area contributed by atoms with Gasteiger partial charge in [0.2, 0.25) is 10.0 Å². The Balaban J connectivity index is 2.55. The van der Waals surface area contributed by atoms with E-state index in [1.165, 1.54) is 0 Å². The summed E-state index contributed by atoms with van der Waals surface area (Å²) in [4.78, 5) is 0.517. The lowest BCUT2D eigenvalue weighted by Crippen LogP contribution is -2.41. The molecule has 0 radical (unpaired) electrons. The SMILES string of the molecule is CNCC1CCCN1S(=O)(=O)c1c(C)c(C)cc(C)c1C. The van der Waals surface area contributed by atoms with Crippen molar-refractivity contribution in [2.75, 3.05) is 20.1 Å². The van der Waals surface area contributed by atoms with E-state index in [0.29, 0.717) is 18.0 Å². The van der Waals surface area contributed by atoms with Crippen LogP contribution in [0.25, 0.3) is 0 Å². The second kappa shape index (κ2) is 6.07. The highest BCUT2D eigenvalue weighted by atomic mass is 32.2. The van der Waals surface area contributed by atoms with Crippen molar-refractivity contribution in [3.63, 3.8) is 0 Å². The first-order valence-corrected chi connectivity index (χ1v) is 8.98. The quantitative estimate of drug-likeness (QED) is 0.928. The van der Waals surface area contributed by atoms with Gasteiger partial charge in [-0.1, -0.05) is 6.07 Å². The van der Waals surface area contributed by atoms with Crippen molar-refractivity contribution >= 4 is 10.0 Å². The van der Waals surface area contributed by atoms with Crippen LogP contribution in [-0.4, -0.2) is 38.9 Å². The van der Waals surface area contributed by atoms with E-state index in [2.05, 4.69) is 11.4 Å². The number of hydrogen-bond donors (Lipinski definition) is 1. The van der Waals surface area contributed by atoms with Crippen LogP contribution >= 0.6 is 0 Å². The Morgan fingerprint density at radius 1 is 1.19 bits per heavy atom. The van der Waals surface area contributed by atoms with E-state index < -0.39 is 10.0 Å². The van der Waals surface area contributed by atoms with E-state index in [1.807, 2.05) is 34.7 Å². The van der Waals surface area contributed by atoms with Crippen molar-refractivity contribution < 1.29 is 8.42 Å². The molecule has 1 aromatic carbocycles. The Morgan fingerprint density at radius 3 is 2.29 bits per heavy atom. The van der Waals surface area contributed by atoms with Crippen LogP contribution in [0.3, 0.4) is 0 Å². The molecule has 4 nitrogen and oxygen atoms in total. The molecule has 1 aliphatic rings. The molecule has 0 aliphatic carbocycles. The predicted molar refractivity (Wildman–Crippen MR) is 86.2 cm³/mol. The summed E-state index contributed by atoms with van der Waals surface area (Å²) in [6, 6.07) is 2.14. The second-order valence-electron chi connectivity index (χ2n) is 6.06. The smallest absolute Gasteiger partial charge is 0.243 e. The number of benzene rings is 1. The van der Waals surface area contributed by atoms with E-state index >= 15 is 0 Å². The fourth-order valence-electron chi connectivity index (χ4n) is 3.25. The molecule has 0 spiro atoms. The summed E-state index contributed by atoms with van der Waals surface area (Å²) in [6.45, 7) is 9.13. The molecule has 118 valence electrons.